The largest absolute Gasteiger partial charge is 0.368 e. The zero-order valence-corrected chi connectivity index (χ0v) is 15.6. The van der Waals surface area contributed by atoms with Crippen molar-refractivity contribution < 1.29 is 0 Å². The van der Waals surface area contributed by atoms with Crippen LogP contribution < -0.4 is 10.9 Å². The molecule has 138 valence electrons. The fraction of sp³-hybridized carbons (Fsp3) is 0.100. The molecule has 7 nitrogen and oxygen atoms in total. The molecule has 0 spiro atoms. The fourth-order valence-corrected chi connectivity index (χ4v) is 3.92. The Morgan fingerprint density at radius 1 is 1.07 bits per heavy atom. The van der Waals surface area contributed by atoms with E-state index in [4.69, 9.17) is 0 Å². The third kappa shape index (κ3) is 2.93. The Morgan fingerprint density at radius 2 is 2.00 bits per heavy atom. The average Bonchev–Trinajstić information content (AvgIpc) is 3.35. The van der Waals surface area contributed by atoms with Gasteiger partial charge in [-0.05, 0) is 30.2 Å². The van der Waals surface area contributed by atoms with Crippen molar-refractivity contribution in [2.45, 2.75) is 6.42 Å². The van der Waals surface area contributed by atoms with Gasteiger partial charge in [0, 0.05) is 29.8 Å². The Morgan fingerprint density at radius 3 is 2.93 bits per heavy atom. The number of para-hydroxylation sites is 1. The number of hydrogen-bond acceptors (Lipinski definition) is 6. The smallest absolute Gasteiger partial charge is 0.259 e. The molecule has 5 aromatic rings. The summed E-state index contributed by atoms with van der Waals surface area (Å²) in [5.41, 5.74) is 5.07. The second kappa shape index (κ2) is 6.90. The van der Waals surface area contributed by atoms with Crippen LogP contribution in [0.1, 0.15) is 5.56 Å². The number of thiazole rings is 1. The van der Waals surface area contributed by atoms with E-state index in [-0.39, 0.29) is 5.56 Å². The third-order valence-corrected chi connectivity index (χ3v) is 5.34. The number of nitrogens with one attached hydrogen (secondary N) is 3. The number of nitrogens with zero attached hydrogens (tertiary/aromatic N) is 3. The van der Waals surface area contributed by atoms with Crippen molar-refractivity contribution >= 4 is 38.4 Å². The lowest BCUT2D eigenvalue weighted by molar-refractivity contribution is 1.01. The Labute approximate surface area is 163 Å². The molecule has 0 bridgehead atoms. The molecule has 5 rings (SSSR count). The Balaban J connectivity index is 1.44. The minimum absolute atomic E-state index is 0.212. The van der Waals surface area contributed by atoms with Gasteiger partial charge in [0.2, 0.25) is 0 Å². The summed E-state index contributed by atoms with van der Waals surface area (Å²) in [5, 5.41) is 4.60. The van der Waals surface area contributed by atoms with E-state index in [1.54, 1.807) is 23.8 Å². The first-order valence-electron chi connectivity index (χ1n) is 8.88. The highest BCUT2D eigenvalue weighted by atomic mass is 32.1. The highest BCUT2D eigenvalue weighted by molar-refractivity contribution is 7.16. The van der Waals surface area contributed by atoms with Gasteiger partial charge in [-0.25, -0.2) is 15.0 Å². The maximum Gasteiger partial charge on any atom is 0.259 e. The van der Waals surface area contributed by atoms with Gasteiger partial charge >= 0.3 is 0 Å². The normalized spacial score (nSPS) is 11.3. The minimum Gasteiger partial charge on any atom is -0.368 e. The number of hydrogen-bond donors (Lipinski definition) is 3. The number of H-pyrrole nitrogens is 2. The van der Waals surface area contributed by atoms with Gasteiger partial charge in [-0.15, -0.1) is 11.3 Å². The lowest BCUT2D eigenvalue weighted by Crippen LogP contribution is -2.11. The molecule has 8 heteroatoms. The van der Waals surface area contributed by atoms with E-state index in [0.29, 0.717) is 23.8 Å². The van der Waals surface area contributed by atoms with Gasteiger partial charge in [0.25, 0.3) is 5.56 Å². The predicted molar refractivity (Wildman–Crippen MR) is 112 cm³/mol. The number of rotatable bonds is 5. The van der Waals surface area contributed by atoms with E-state index in [9.17, 15) is 4.79 Å². The molecule has 0 aliphatic rings. The second-order valence-electron chi connectivity index (χ2n) is 6.35. The van der Waals surface area contributed by atoms with E-state index < -0.39 is 0 Å². The topological polar surface area (TPSA) is 99.3 Å². The van der Waals surface area contributed by atoms with Crippen LogP contribution in [0.2, 0.25) is 0 Å². The first-order chi connectivity index (χ1) is 13.8. The van der Waals surface area contributed by atoms with Crippen LogP contribution in [0.5, 0.6) is 0 Å². The first-order valence-corrected chi connectivity index (χ1v) is 9.76. The Bertz CT molecular complexity index is 1340. The lowest BCUT2D eigenvalue weighted by Gasteiger charge is -2.08. The fourth-order valence-electron chi connectivity index (χ4n) is 3.26. The summed E-state index contributed by atoms with van der Waals surface area (Å²) in [6.07, 6.45) is 4.47. The van der Waals surface area contributed by atoms with Crippen LogP contribution in [0.25, 0.3) is 32.6 Å². The number of aromatic amines is 2. The molecule has 0 radical (unpaired) electrons. The molecular formula is C20H16N6OS. The van der Waals surface area contributed by atoms with Crippen LogP contribution in [-0.2, 0) is 6.42 Å². The Kier molecular flexibility index (Phi) is 4.10. The molecule has 0 saturated carbocycles. The van der Waals surface area contributed by atoms with Crippen molar-refractivity contribution in [3.05, 3.63) is 70.2 Å². The molecule has 28 heavy (non-hydrogen) atoms. The van der Waals surface area contributed by atoms with E-state index in [0.717, 1.165) is 22.3 Å². The zero-order chi connectivity index (χ0) is 18.9. The van der Waals surface area contributed by atoms with Crippen LogP contribution in [0.3, 0.4) is 0 Å². The maximum atomic E-state index is 12.1. The SMILES string of the molecule is O=c1[nH]cccc1-c1nc(NCCc2c[nH]c3ccccc23)c2ncsc2n1. The van der Waals surface area contributed by atoms with Crippen LogP contribution >= 0.6 is 11.3 Å². The summed E-state index contributed by atoms with van der Waals surface area (Å²) in [6, 6.07) is 11.7. The molecule has 0 aliphatic heterocycles. The number of aromatic nitrogens is 5. The summed E-state index contributed by atoms with van der Waals surface area (Å²) in [4.78, 5) is 32.3. The molecule has 0 saturated heterocycles. The van der Waals surface area contributed by atoms with E-state index >= 15 is 0 Å². The monoisotopic (exact) mass is 388 g/mol. The van der Waals surface area contributed by atoms with Gasteiger partial charge < -0.3 is 15.3 Å². The molecule has 0 fully saturated rings. The van der Waals surface area contributed by atoms with Crippen molar-refractivity contribution in [3.8, 4) is 11.4 Å². The molecule has 1 aromatic carbocycles. The van der Waals surface area contributed by atoms with Crippen LogP contribution in [0.4, 0.5) is 5.82 Å². The van der Waals surface area contributed by atoms with Gasteiger partial charge in [-0.2, -0.15) is 0 Å². The zero-order valence-electron chi connectivity index (χ0n) is 14.8. The van der Waals surface area contributed by atoms with E-state index in [1.165, 1.54) is 22.3 Å². The number of anilines is 1. The molecule has 0 aliphatic carbocycles. The molecule has 3 N–H and O–H groups in total. The summed E-state index contributed by atoms with van der Waals surface area (Å²) in [7, 11) is 0. The summed E-state index contributed by atoms with van der Waals surface area (Å²) in [5.74, 6) is 1.04. The van der Waals surface area contributed by atoms with E-state index in [1.807, 2.05) is 18.3 Å². The van der Waals surface area contributed by atoms with Crippen molar-refractivity contribution in [2.75, 3.05) is 11.9 Å². The van der Waals surface area contributed by atoms with Crippen LogP contribution in [-0.4, -0.2) is 31.5 Å². The van der Waals surface area contributed by atoms with Crippen LogP contribution in [0.15, 0.2) is 59.1 Å². The number of fused-ring (bicyclic) bond motifs is 2. The third-order valence-electron chi connectivity index (χ3n) is 4.62. The quantitative estimate of drug-likeness (QED) is 0.427. The van der Waals surface area contributed by atoms with E-state index in [2.05, 4.69) is 42.4 Å². The van der Waals surface area contributed by atoms with Gasteiger partial charge in [0.05, 0.1) is 11.1 Å². The molecule has 4 aromatic heterocycles. The Hall–Kier alpha value is -3.52. The van der Waals surface area contributed by atoms with Gasteiger partial charge in [-0.1, -0.05) is 18.2 Å². The minimum atomic E-state index is -0.212. The highest BCUT2D eigenvalue weighted by Crippen LogP contribution is 2.25. The van der Waals surface area contributed by atoms with Gasteiger partial charge in [0.1, 0.15) is 10.3 Å². The molecular weight excluding hydrogens is 372 g/mol. The molecule has 0 unspecified atom stereocenters. The highest BCUT2D eigenvalue weighted by Gasteiger charge is 2.14. The number of benzene rings is 1. The summed E-state index contributed by atoms with van der Waals surface area (Å²) in [6.45, 7) is 0.691. The molecule has 0 amide bonds. The number of pyridine rings is 1. The van der Waals surface area contributed by atoms with Crippen molar-refractivity contribution in [1.82, 2.24) is 24.9 Å². The summed E-state index contributed by atoms with van der Waals surface area (Å²) >= 11 is 1.43. The van der Waals surface area contributed by atoms with Crippen molar-refractivity contribution in [3.63, 3.8) is 0 Å². The predicted octanol–water partition coefficient (Wildman–Crippen LogP) is 3.58. The lowest BCUT2D eigenvalue weighted by atomic mass is 10.1. The first kappa shape index (κ1) is 16.6. The van der Waals surface area contributed by atoms with Crippen molar-refractivity contribution in [1.29, 1.82) is 0 Å². The molecule has 4 heterocycles. The molecule has 0 atom stereocenters. The van der Waals surface area contributed by atoms with Gasteiger partial charge in [-0.3, -0.25) is 4.79 Å². The standard InChI is InChI=1S/C20H16N6OS/c27-19-14(5-3-8-22-19)17-25-18(16-20(26-17)28-11-24-16)21-9-7-12-10-23-15-6-2-1-4-13(12)15/h1-6,8,10-11,23H,7,9H2,(H,22,27)(H,21,25,26). The average molecular weight is 388 g/mol. The second-order valence-corrected chi connectivity index (χ2v) is 7.18. The summed E-state index contributed by atoms with van der Waals surface area (Å²) < 4.78 is 0. The van der Waals surface area contributed by atoms with Crippen molar-refractivity contribution in [2.24, 2.45) is 0 Å². The van der Waals surface area contributed by atoms with Crippen LogP contribution in [0, 0.1) is 0 Å². The maximum absolute atomic E-state index is 12.1. The van der Waals surface area contributed by atoms with Gasteiger partial charge in [0.15, 0.2) is 11.6 Å².